The van der Waals surface area contributed by atoms with E-state index in [9.17, 15) is 12.3 Å². The Labute approximate surface area is 99.6 Å². The molecule has 1 aromatic rings. The highest BCUT2D eigenvalue weighted by Crippen LogP contribution is 2.26. The molecular weight excluding hydrogens is 255 g/mol. The molecule has 0 saturated heterocycles. The van der Waals surface area contributed by atoms with Crippen LogP contribution in [0.4, 0.5) is 3.89 Å². The van der Waals surface area contributed by atoms with Crippen molar-refractivity contribution in [1.29, 1.82) is 0 Å². The van der Waals surface area contributed by atoms with Gasteiger partial charge in [0.05, 0.1) is 11.4 Å². The molecule has 0 aliphatic rings. The van der Waals surface area contributed by atoms with Gasteiger partial charge in [0.2, 0.25) is 0 Å². The third kappa shape index (κ3) is 3.18. The predicted octanol–water partition coefficient (Wildman–Crippen LogP) is 2.04. The number of rotatable bonds is 4. The Kier molecular flexibility index (Phi) is 3.96. The summed E-state index contributed by atoms with van der Waals surface area (Å²) < 4.78 is 34.9. The van der Waals surface area contributed by atoms with Gasteiger partial charge in [-0.05, 0) is 12.3 Å². The van der Waals surface area contributed by atoms with E-state index in [1.54, 1.807) is 7.05 Å². The van der Waals surface area contributed by atoms with Crippen molar-refractivity contribution in [2.45, 2.75) is 26.2 Å². The van der Waals surface area contributed by atoms with Crippen molar-refractivity contribution < 1.29 is 12.3 Å². The van der Waals surface area contributed by atoms with E-state index in [1.807, 2.05) is 13.8 Å². The molecule has 92 valence electrons. The van der Waals surface area contributed by atoms with E-state index in [-0.39, 0.29) is 12.3 Å². The van der Waals surface area contributed by atoms with Crippen LogP contribution in [0.25, 0.3) is 0 Å². The van der Waals surface area contributed by atoms with Gasteiger partial charge in [-0.2, -0.15) is 13.5 Å². The molecule has 0 amide bonds. The van der Waals surface area contributed by atoms with Crippen LogP contribution in [0.3, 0.4) is 0 Å². The van der Waals surface area contributed by atoms with Gasteiger partial charge in [-0.25, -0.2) is 0 Å². The molecule has 0 fully saturated rings. The molecule has 0 saturated carbocycles. The third-order valence-corrected chi connectivity index (χ3v) is 3.41. The van der Waals surface area contributed by atoms with Crippen LogP contribution in [0.2, 0.25) is 5.15 Å². The Bertz CT molecular complexity index is 482. The van der Waals surface area contributed by atoms with E-state index in [1.165, 1.54) is 4.68 Å². The van der Waals surface area contributed by atoms with Crippen molar-refractivity contribution in [3.63, 3.8) is 0 Å². The van der Waals surface area contributed by atoms with Gasteiger partial charge in [0.1, 0.15) is 5.15 Å². The highest BCUT2D eigenvalue weighted by molar-refractivity contribution is 7.86. The van der Waals surface area contributed by atoms with Crippen LogP contribution in [0, 0.1) is 0 Å². The second kappa shape index (κ2) is 4.71. The molecule has 0 aliphatic carbocycles. The van der Waals surface area contributed by atoms with Crippen molar-refractivity contribution >= 4 is 21.8 Å². The maximum atomic E-state index is 12.4. The Hall–Kier alpha value is -0.620. The predicted molar refractivity (Wildman–Crippen MR) is 60.9 cm³/mol. The van der Waals surface area contributed by atoms with E-state index in [0.29, 0.717) is 10.7 Å². The first-order valence-corrected chi connectivity index (χ1v) is 6.79. The van der Waals surface area contributed by atoms with Gasteiger partial charge in [0, 0.05) is 12.6 Å². The van der Waals surface area contributed by atoms with E-state index >= 15 is 0 Å². The van der Waals surface area contributed by atoms with E-state index in [4.69, 9.17) is 11.6 Å². The van der Waals surface area contributed by atoms with Crippen LogP contribution < -0.4 is 0 Å². The summed E-state index contributed by atoms with van der Waals surface area (Å²) in [5, 5.41) is 4.55. The van der Waals surface area contributed by atoms with Gasteiger partial charge >= 0.3 is 10.2 Å². The Morgan fingerprint density at radius 1 is 1.50 bits per heavy atom. The van der Waals surface area contributed by atoms with Gasteiger partial charge in [-0.15, -0.1) is 3.89 Å². The lowest BCUT2D eigenvalue weighted by atomic mass is 10.1. The lowest BCUT2D eigenvalue weighted by Gasteiger charge is -2.03. The third-order valence-electron chi connectivity index (χ3n) is 2.24. The molecule has 4 nitrogen and oxygen atoms in total. The smallest absolute Gasteiger partial charge is 0.257 e. The molecule has 0 bridgehead atoms. The van der Waals surface area contributed by atoms with Crippen LogP contribution in [0.5, 0.6) is 0 Å². The molecule has 0 aromatic carbocycles. The highest BCUT2D eigenvalue weighted by atomic mass is 35.5. The minimum absolute atomic E-state index is 0.0546. The first-order chi connectivity index (χ1) is 7.22. The van der Waals surface area contributed by atoms with Gasteiger partial charge in [0.15, 0.2) is 0 Å². The zero-order chi connectivity index (χ0) is 12.5. The summed E-state index contributed by atoms with van der Waals surface area (Å²) in [5.74, 6) is -0.436. The monoisotopic (exact) mass is 268 g/mol. The molecule has 16 heavy (non-hydrogen) atoms. The molecule has 1 rings (SSSR count). The lowest BCUT2D eigenvalue weighted by Crippen LogP contribution is -2.04. The largest absolute Gasteiger partial charge is 0.302 e. The number of hydrogen-bond donors (Lipinski definition) is 0. The van der Waals surface area contributed by atoms with E-state index in [2.05, 4.69) is 5.10 Å². The summed E-state index contributed by atoms with van der Waals surface area (Å²) in [6.07, 6.45) is 0.0546. The van der Waals surface area contributed by atoms with E-state index in [0.717, 1.165) is 5.69 Å². The van der Waals surface area contributed by atoms with Crippen molar-refractivity contribution in [2.24, 2.45) is 7.05 Å². The van der Waals surface area contributed by atoms with Gasteiger partial charge in [-0.1, -0.05) is 25.4 Å². The van der Waals surface area contributed by atoms with Crippen molar-refractivity contribution in [1.82, 2.24) is 9.78 Å². The summed E-state index contributed by atoms with van der Waals surface area (Å²) in [4.78, 5) is 0. The maximum absolute atomic E-state index is 12.4. The molecule has 1 heterocycles. The van der Waals surface area contributed by atoms with Gasteiger partial charge < -0.3 is 0 Å². The first-order valence-electron chi connectivity index (χ1n) is 4.86. The number of aromatic nitrogens is 2. The fourth-order valence-corrected chi connectivity index (χ4v) is 2.16. The molecule has 0 radical (unpaired) electrons. The maximum Gasteiger partial charge on any atom is 0.302 e. The fourth-order valence-electron chi connectivity index (χ4n) is 1.49. The number of halogens is 2. The Morgan fingerprint density at radius 2 is 2.06 bits per heavy atom. The number of nitrogens with zero attached hydrogens (tertiary/aromatic N) is 2. The van der Waals surface area contributed by atoms with Crippen molar-refractivity contribution in [2.75, 3.05) is 5.75 Å². The SMILES string of the molecule is CC(C)c1nn(C)c(Cl)c1CCS(=O)(=O)F. The minimum Gasteiger partial charge on any atom is -0.257 e. The van der Waals surface area contributed by atoms with Gasteiger partial charge in [-0.3, -0.25) is 4.68 Å². The van der Waals surface area contributed by atoms with Crippen LogP contribution >= 0.6 is 11.6 Å². The lowest BCUT2D eigenvalue weighted by molar-refractivity contribution is 0.551. The average molecular weight is 269 g/mol. The zero-order valence-electron chi connectivity index (χ0n) is 9.37. The van der Waals surface area contributed by atoms with Crippen LogP contribution in [-0.4, -0.2) is 24.0 Å². The summed E-state index contributed by atoms with van der Waals surface area (Å²) in [5.41, 5.74) is 1.33. The molecule has 0 N–H and O–H groups in total. The van der Waals surface area contributed by atoms with Crippen LogP contribution in [0.1, 0.15) is 31.0 Å². The first kappa shape index (κ1) is 13.4. The number of aryl methyl sites for hydroxylation is 1. The Morgan fingerprint density at radius 3 is 2.50 bits per heavy atom. The summed E-state index contributed by atoms with van der Waals surface area (Å²) in [7, 11) is -2.80. The number of hydrogen-bond acceptors (Lipinski definition) is 3. The normalized spacial score (nSPS) is 12.4. The van der Waals surface area contributed by atoms with Crippen LogP contribution in [0.15, 0.2) is 0 Å². The molecule has 0 unspecified atom stereocenters. The molecule has 0 atom stereocenters. The average Bonchev–Trinajstić information content (AvgIpc) is 2.39. The van der Waals surface area contributed by atoms with Gasteiger partial charge in [0.25, 0.3) is 0 Å². The van der Waals surface area contributed by atoms with Crippen LogP contribution in [-0.2, 0) is 23.7 Å². The molecule has 7 heteroatoms. The topological polar surface area (TPSA) is 52.0 Å². The standard InChI is InChI=1S/C9H14ClFN2O2S/c1-6(2)8-7(4-5-16(11,14)15)9(10)13(3)12-8/h6H,4-5H2,1-3H3. The molecule has 0 aliphatic heterocycles. The summed E-state index contributed by atoms with van der Waals surface area (Å²) >= 11 is 5.97. The fraction of sp³-hybridized carbons (Fsp3) is 0.667. The van der Waals surface area contributed by atoms with Crippen molar-refractivity contribution in [3.8, 4) is 0 Å². The quantitative estimate of drug-likeness (QED) is 0.785. The summed E-state index contributed by atoms with van der Waals surface area (Å²) in [6, 6.07) is 0. The molecule has 1 aromatic heterocycles. The molecule has 0 spiro atoms. The second-order valence-electron chi connectivity index (χ2n) is 3.93. The molecular formula is C9H14ClFN2O2S. The van der Waals surface area contributed by atoms with E-state index < -0.39 is 16.0 Å². The summed E-state index contributed by atoms with van der Waals surface area (Å²) in [6.45, 7) is 3.85. The zero-order valence-corrected chi connectivity index (χ0v) is 10.9. The van der Waals surface area contributed by atoms with Crippen molar-refractivity contribution in [3.05, 3.63) is 16.4 Å². The second-order valence-corrected chi connectivity index (χ2v) is 5.77. The Balaban J connectivity index is 3.02. The highest BCUT2D eigenvalue weighted by Gasteiger charge is 2.19. The minimum atomic E-state index is -4.47.